The number of phenols is 2. The number of hydrogen-bond donors (Lipinski definition) is 3. The van der Waals surface area contributed by atoms with Crippen molar-refractivity contribution < 1.29 is 24.8 Å². The van der Waals surface area contributed by atoms with Crippen LogP contribution in [0.5, 0.6) is 11.5 Å². The van der Waals surface area contributed by atoms with Crippen molar-refractivity contribution >= 4 is 22.4 Å². The van der Waals surface area contributed by atoms with Crippen LogP contribution in [0.4, 0.5) is 0 Å². The third kappa shape index (κ3) is 3.38. The van der Waals surface area contributed by atoms with E-state index in [1.165, 1.54) is 0 Å². The summed E-state index contributed by atoms with van der Waals surface area (Å²) in [6, 6.07) is 14.3. The average molecular weight is 392 g/mol. The zero-order valence-corrected chi connectivity index (χ0v) is 16.5. The van der Waals surface area contributed by atoms with Gasteiger partial charge in [-0.05, 0) is 56.6 Å². The lowest BCUT2D eigenvalue weighted by Crippen LogP contribution is -2.46. The second kappa shape index (κ2) is 7.52. The van der Waals surface area contributed by atoms with Crippen molar-refractivity contribution in [1.82, 2.24) is 0 Å². The predicted molar refractivity (Wildman–Crippen MR) is 112 cm³/mol. The molecule has 0 saturated carbocycles. The first-order chi connectivity index (χ1) is 14.0. The van der Waals surface area contributed by atoms with Crippen molar-refractivity contribution in [2.24, 2.45) is 0 Å². The monoisotopic (exact) mass is 392 g/mol. The van der Waals surface area contributed by atoms with Gasteiger partial charge in [0, 0.05) is 26.2 Å². The maximum absolute atomic E-state index is 11.7. The Labute approximate surface area is 168 Å². The molecular weight excluding hydrogens is 368 g/mol. The molecule has 0 radical (unpaired) electrons. The van der Waals surface area contributed by atoms with Gasteiger partial charge in [-0.2, -0.15) is 0 Å². The minimum Gasteiger partial charge on any atom is -0.508 e. The molecule has 3 aromatic carbocycles. The second-order valence-corrected chi connectivity index (χ2v) is 7.46. The fraction of sp³-hybridized carbons (Fsp3) is 0.250. The molecule has 0 fully saturated rings. The zero-order chi connectivity index (χ0) is 20.6. The molecule has 0 amide bonds. The molecule has 0 bridgehead atoms. The van der Waals surface area contributed by atoms with E-state index in [9.17, 15) is 15.3 Å². The van der Waals surface area contributed by atoms with E-state index in [0.29, 0.717) is 18.6 Å². The topological polar surface area (TPSA) is 79.2 Å². The van der Waals surface area contributed by atoms with Crippen molar-refractivity contribution in [3.8, 4) is 11.5 Å². The molecular formula is C24H24O5. The Bertz CT molecular complexity index is 1200. The van der Waals surface area contributed by atoms with Crippen LogP contribution < -0.4 is 10.4 Å². The number of rotatable bonds is 5. The van der Waals surface area contributed by atoms with E-state index in [1.54, 1.807) is 38.5 Å². The predicted octanol–water partition coefficient (Wildman–Crippen LogP) is 2.16. The molecule has 3 N–H and O–H groups in total. The lowest BCUT2D eigenvalue weighted by Gasteiger charge is -2.34. The minimum absolute atomic E-state index is 0.0928. The van der Waals surface area contributed by atoms with E-state index in [-0.39, 0.29) is 18.1 Å². The molecule has 0 saturated heterocycles. The van der Waals surface area contributed by atoms with Crippen LogP contribution in [-0.4, -0.2) is 41.7 Å². The van der Waals surface area contributed by atoms with Gasteiger partial charge in [0.1, 0.15) is 17.1 Å². The molecule has 5 heteroatoms. The molecule has 0 aliphatic heterocycles. The van der Waals surface area contributed by atoms with Gasteiger partial charge in [0.2, 0.25) is 0 Å². The van der Waals surface area contributed by atoms with Crippen molar-refractivity contribution in [1.29, 1.82) is 0 Å². The Morgan fingerprint density at radius 2 is 1.66 bits per heavy atom. The van der Waals surface area contributed by atoms with Gasteiger partial charge in [-0.25, -0.2) is 0 Å². The van der Waals surface area contributed by atoms with Crippen molar-refractivity contribution in [2.45, 2.75) is 18.6 Å². The maximum atomic E-state index is 11.7. The molecule has 4 rings (SSSR count). The normalized spacial score (nSPS) is 18.5. The lowest BCUT2D eigenvalue weighted by molar-refractivity contribution is 0.0175. The zero-order valence-electron chi connectivity index (χ0n) is 16.5. The van der Waals surface area contributed by atoms with Gasteiger partial charge in [-0.3, -0.25) is 0 Å². The third-order valence-corrected chi connectivity index (χ3v) is 5.46. The SMILES string of the molecule is COCc1ccc2ccc(O)cc2c1C1=c2cc(O)ccc2=CCC1(O)COC. The van der Waals surface area contributed by atoms with Gasteiger partial charge in [0.15, 0.2) is 0 Å². The van der Waals surface area contributed by atoms with E-state index >= 15 is 0 Å². The summed E-state index contributed by atoms with van der Waals surface area (Å²) in [5.41, 5.74) is 1.04. The molecule has 1 atom stereocenters. The first-order valence-electron chi connectivity index (χ1n) is 9.46. The van der Waals surface area contributed by atoms with Gasteiger partial charge < -0.3 is 24.8 Å². The van der Waals surface area contributed by atoms with Crippen LogP contribution in [0.25, 0.3) is 22.4 Å². The maximum Gasteiger partial charge on any atom is 0.117 e. The first-order valence-corrected chi connectivity index (χ1v) is 9.46. The lowest BCUT2D eigenvalue weighted by atomic mass is 9.77. The quantitative estimate of drug-likeness (QED) is 0.620. The van der Waals surface area contributed by atoms with E-state index < -0.39 is 5.60 Å². The van der Waals surface area contributed by atoms with Crippen LogP contribution in [0.3, 0.4) is 0 Å². The van der Waals surface area contributed by atoms with Crippen LogP contribution in [0, 0.1) is 0 Å². The highest BCUT2D eigenvalue weighted by Gasteiger charge is 2.36. The van der Waals surface area contributed by atoms with Crippen LogP contribution in [0.2, 0.25) is 0 Å². The summed E-state index contributed by atoms with van der Waals surface area (Å²) in [5, 5.41) is 35.4. The number of ether oxygens (including phenoxy) is 2. The van der Waals surface area contributed by atoms with Crippen LogP contribution in [0.1, 0.15) is 17.5 Å². The molecule has 3 aromatic rings. The number of methoxy groups -OCH3 is 2. The van der Waals surface area contributed by atoms with Gasteiger partial charge in [0.25, 0.3) is 0 Å². The van der Waals surface area contributed by atoms with Gasteiger partial charge >= 0.3 is 0 Å². The Kier molecular flexibility index (Phi) is 5.04. The average Bonchev–Trinajstić information content (AvgIpc) is 2.69. The molecule has 5 nitrogen and oxygen atoms in total. The molecule has 1 aliphatic rings. The Hall–Kier alpha value is -2.86. The number of benzene rings is 3. The summed E-state index contributed by atoms with van der Waals surface area (Å²) < 4.78 is 10.8. The molecule has 29 heavy (non-hydrogen) atoms. The number of fused-ring (bicyclic) bond motifs is 2. The van der Waals surface area contributed by atoms with Crippen LogP contribution in [-0.2, 0) is 16.1 Å². The highest BCUT2D eigenvalue weighted by atomic mass is 16.5. The van der Waals surface area contributed by atoms with E-state index in [1.807, 2.05) is 30.3 Å². The van der Waals surface area contributed by atoms with E-state index in [4.69, 9.17) is 9.47 Å². The summed E-state index contributed by atoms with van der Waals surface area (Å²) in [5.74, 6) is 0.260. The third-order valence-electron chi connectivity index (χ3n) is 5.46. The number of phenolic OH excluding ortho intramolecular Hbond substituents is 2. The van der Waals surface area contributed by atoms with E-state index in [2.05, 4.69) is 0 Å². The summed E-state index contributed by atoms with van der Waals surface area (Å²) in [4.78, 5) is 0. The van der Waals surface area contributed by atoms with Crippen LogP contribution in [0.15, 0.2) is 48.5 Å². The Morgan fingerprint density at radius 1 is 0.931 bits per heavy atom. The fourth-order valence-electron chi connectivity index (χ4n) is 4.23. The summed E-state index contributed by atoms with van der Waals surface area (Å²) in [7, 11) is 3.18. The Balaban J connectivity index is 2.21. The molecule has 150 valence electrons. The highest BCUT2D eigenvalue weighted by Crippen LogP contribution is 2.38. The van der Waals surface area contributed by atoms with E-state index in [0.717, 1.165) is 32.3 Å². The standard InChI is InChI=1S/C24H24O5/c1-28-13-17-4-3-15-5-7-18(25)11-20(15)22(17)23-21-12-19(26)8-6-16(21)9-10-24(23,27)14-29-2/h3-9,11-12,25-27H,10,13-14H2,1-2H3. The molecule has 0 heterocycles. The minimum atomic E-state index is -1.29. The first kappa shape index (κ1) is 19.5. The fourth-order valence-corrected chi connectivity index (χ4v) is 4.23. The van der Waals surface area contributed by atoms with Gasteiger partial charge in [0.05, 0.1) is 13.2 Å². The molecule has 1 unspecified atom stereocenters. The largest absolute Gasteiger partial charge is 0.508 e. The molecule has 1 aliphatic carbocycles. The smallest absolute Gasteiger partial charge is 0.117 e. The summed E-state index contributed by atoms with van der Waals surface area (Å²) in [6.45, 7) is 0.431. The summed E-state index contributed by atoms with van der Waals surface area (Å²) >= 11 is 0. The van der Waals surface area contributed by atoms with Crippen molar-refractivity contribution in [3.05, 3.63) is 70.1 Å². The van der Waals surface area contributed by atoms with Crippen molar-refractivity contribution in [2.75, 3.05) is 20.8 Å². The number of aliphatic hydroxyl groups is 1. The number of hydrogen-bond acceptors (Lipinski definition) is 5. The van der Waals surface area contributed by atoms with Crippen LogP contribution >= 0.6 is 0 Å². The number of aromatic hydroxyl groups is 2. The summed E-state index contributed by atoms with van der Waals surface area (Å²) in [6.07, 6.45) is 2.32. The second-order valence-electron chi connectivity index (χ2n) is 7.46. The van der Waals surface area contributed by atoms with Gasteiger partial charge in [-0.1, -0.05) is 30.3 Å². The Morgan fingerprint density at radius 3 is 2.41 bits per heavy atom. The highest BCUT2D eigenvalue weighted by molar-refractivity contribution is 5.98. The molecule has 0 spiro atoms. The molecule has 0 aromatic heterocycles. The van der Waals surface area contributed by atoms with Gasteiger partial charge in [-0.15, -0.1) is 0 Å². The van der Waals surface area contributed by atoms with Crippen molar-refractivity contribution in [3.63, 3.8) is 0 Å².